The summed E-state index contributed by atoms with van der Waals surface area (Å²) in [6, 6.07) is 10.8. The molecular formula is C13H21NOS2. The minimum atomic E-state index is 0.237. The maximum absolute atomic E-state index is 9.16. The van der Waals surface area contributed by atoms with Gasteiger partial charge in [0.15, 0.2) is 0 Å². The lowest BCUT2D eigenvalue weighted by molar-refractivity contribution is 0.277. The van der Waals surface area contributed by atoms with E-state index < -0.39 is 0 Å². The molecule has 2 nitrogen and oxygen atoms in total. The van der Waals surface area contributed by atoms with E-state index in [1.54, 1.807) is 11.8 Å². The minimum absolute atomic E-state index is 0.237. The minimum Gasteiger partial charge on any atom is -0.395 e. The predicted octanol–water partition coefficient (Wildman–Crippen LogP) is 2.48. The Morgan fingerprint density at radius 3 is 2.59 bits per heavy atom. The van der Waals surface area contributed by atoms with Crippen molar-refractivity contribution in [3.8, 4) is 0 Å². The van der Waals surface area contributed by atoms with Gasteiger partial charge in [0.25, 0.3) is 0 Å². The molecule has 2 N–H and O–H groups in total. The summed E-state index contributed by atoms with van der Waals surface area (Å²) in [4.78, 5) is 1.31. The molecule has 2 unspecified atom stereocenters. The number of nitrogens with one attached hydrogen (secondary N) is 1. The quantitative estimate of drug-likeness (QED) is 0.562. The van der Waals surface area contributed by atoms with Gasteiger partial charge in [-0.15, -0.1) is 11.8 Å². The number of hydrogen-bond acceptors (Lipinski definition) is 4. The monoisotopic (exact) mass is 271 g/mol. The van der Waals surface area contributed by atoms with E-state index in [0.29, 0.717) is 6.04 Å². The van der Waals surface area contributed by atoms with E-state index in [1.807, 2.05) is 24.1 Å². The number of hydrogen-bond donors (Lipinski definition) is 2. The van der Waals surface area contributed by atoms with Crippen molar-refractivity contribution in [2.24, 2.45) is 0 Å². The second kappa shape index (κ2) is 8.86. The molecule has 0 aliphatic rings. The van der Waals surface area contributed by atoms with E-state index in [-0.39, 0.29) is 11.9 Å². The summed E-state index contributed by atoms with van der Waals surface area (Å²) in [6.07, 6.45) is 2.04. The molecular weight excluding hydrogens is 250 g/mol. The third-order valence-electron chi connectivity index (χ3n) is 2.62. The molecule has 1 rings (SSSR count). The van der Waals surface area contributed by atoms with E-state index in [4.69, 9.17) is 5.11 Å². The van der Waals surface area contributed by atoms with Gasteiger partial charge < -0.3 is 10.4 Å². The highest BCUT2D eigenvalue weighted by Gasteiger charge is 2.13. The number of benzene rings is 1. The van der Waals surface area contributed by atoms with Gasteiger partial charge in [0, 0.05) is 28.5 Å². The lowest BCUT2D eigenvalue weighted by Gasteiger charge is -2.21. The molecule has 0 heterocycles. The van der Waals surface area contributed by atoms with Gasteiger partial charge in [0.05, 0.1) is 6.61 Å². The average molecular weight is 271 g/mol. The molecule has 0 fully saturated rings. The number of aliphatic hydroxyl groups excluding tert-OH is 1. The molecule has 0 aliphatic heterocycles. The van der Waals surface area contributed by atoms with Crippen molar-refractivity contribution in [2.45, 2.75) is 23.1 Å². The lowest BCUT2D eigenvalue weighted by Crippen LogP contribution is -2.38. The Balaban J connectivity index is 2.16. The second-order valence-electron chi connectivity index (χ2n) is 3.86. The van der Waals surface area contributed by atoms with Crippen LogP contribution in [0.15, 0.2) is 35.2 Å². The van der Waals surface area contributed by atoms with Crippen LogP contribution < -0.4 is 5.32 Å². The Labute approximate surface area is 113 Å². The number of thioether (sulfide) groups is 2. The van der Waals surface area contributed by atoms with Gasteiger partial charge in [0.2, 0.25) is 0 Å². The average Bonchev–Trinajstić information content (AvgIpc) is 2.37. The highest BCUT2D eigenvalue weighted by atomic mass is 32.2. The van der Waals surface area contributed by atoms with Gasteiger partial charge in [0.1, 0.15) is 0 Å². The fourth-order valence-electron chi connectivity index (χ4n) is 1.54. The molecule has 1 aromatic carbocycles. The summed E-state index contributed by atoms with van der Waals surface area (Å²) in [7, 11) is 0. The zero-order valence-electron chi connectivity index (χ0n) is 10.4. The fourth-order valence-corrected chi connectivity index (χ4v) is 3.00. The van der Waals surface area contributed by atoms with Crippen LogP contribution in [0.5, 0.6) is 0 Å². The van der Waals surface area contributed by atoms with Gasteiger partial charge in [-0.2, -0.15) is 11.8 Å². The zero-order valence-corrected chi connectivity index (χ0v) is 12.1. The van der Waals surface area contributed by atoms with Gasteiger partial charge in [-0.05, 0) is 25.3 Å². The number of rotatable bonds is 8. The third-order valence-corrected chi connectivity index (χ3v) is 4.80. The summed E-state index contributed by atoms with van der Waals surface area (Å²) >= 11 is 3.57. The third kappa shape index (κ3) is 5.82. The summed E-state index contributed by atoms with van der Waals surface area (Å²) < 4.78 is 0. The van der Waals surface area contributed by atoms with Gasteiger partial charge in [-0.1, -0.05) is 18.2 Å². The van der Waals surface area contributed by atoms with Crippen LogP contribution in [0, 0.1) is 0 Å². The van der Waals surface area contributed by atoms with Crippen molar-refractivity contribution in [3.05, 3.63) is 30.3 Å². The highest BCUT2D eigenvalue weighted by Crippen LogP contribution is 2.16. The molecule has 0 aliphatic carbocycles. The van der Waals surface area contributed by atoms with Crippen molar-refractivity contribution in [1.29, 1.82) is 0 Å². The zero-order chi connectivity index (χ0) is 12.5. The topological polar surface area (TPSA) is 32.3 Å². The van der Waals surface area contributed by atoms with Crippen LogP contribution in [0.2, 0.25) is 0 Å². The van der Waals surface area contributed by atoms with E-state index in [9.17, 15) is 0 Å². The van der Waals surface area contributed by atoms with Crippen LogP contribution in [-0.2, 0) is 0 Å². The first-order chi connectivity index (χ1) is 8.27. The van der Waals surface area contributed by atoms with Crippen LogP contribution in [0.1, 0.15) is 6.92 Å². The fraction of sp³-hybridized carbons (Fsp3) is 0.538. The highest BCUT2D eigenvalue weighted by molar-refractivity contribution is 7.99. The molecule has 0 saturated heterocycles. The molecule has 1 aromatic rings. The van der Waals surface area contributed by atoms with Crippen LogP contribution in [0.25, 0.3) is 0 Å². The van der Waals surface area contributed by atoms with Crippen molar-refractivity contribution in [1.82, 2.24) is 5.32 Å². The molecule has 0 radical (unpaired) electrons. The normalized spacial score (nSPS) is 14.5. The molecule has 17 heavy (non-hydrogen) atoms. The summed E-state index contributed by atoms with van der Waals surface area (Å²) in [5.74, 6) is 1.06. The largest absolute Gasteiger partial charge is 0.395 e. The lowest BCUT2D eigenvalue weighted by atomic mass is 10.2. The van der Waals surface area contributed by atoms with E-state index in [0.717, 1.165) is 12.3 Å². The second-order valence-corrected chi connectivity index (χ2v) is 6.11. The Morgan fingerprint density at radius 1 is 1.29 bits per heavy atom. The SMILES string of the molecule is CSC(CO)C(C)NCCSc1ccccc1. The molecule has 0 bridgehead atoms. The summed E-state index contributed by atoms with van der Waals surface area (Å²) in [5.41, 5.74) is 0. The first kappa shape index (κ1) is 14.9. The van der Waals surface area contributed by atoms with Crippen LogP contribution in [-0.4, -0.2) is 41.6 Å². The molecule has 0 aromatic heterocycles. The molecule has 0 spiro atoms. The van der Waals surface area contributed by atoms with Crippen molar-refractivity contribution >= 4 is 23.5 Å². The summed E-state index contributed by atoms with van der Waals surface area (Å²) in [6.45, 7) is 3.34. The van der Waals surface area contributed by atoms with Crippen LogP contribution in [0.4, 0.5) is 0 Å². The number of aliphatic hydroxyl groups is 1. The van der Waals surface area contributed by atoms with Crippen molar-refractivity contribution in [2.75, 3.05) is 25.2 Å². The first-order valence-electron chi connectivity index (χ1n) is 5.82. The summed E-state index contributed by atoms with van der Waals surface area (Å²) in [5, 5.41) is 12.9. The van der Waals surface area contributed by atoms with Gasteiger partial charge in [-0.25, -0.2) is 0 Å². The maximum Gasteiger partial charge on any atom is 0.0564 e. The maximum atomic E-state index is 9.16. The smallest absolute Gasteiger partial charge is 0.0564 e. The molecule has 96 valence electrons. The van der Waals surface area contributed by atoms with E-state index in [2.05, 4.69) is 36.5 Å². The van der Waals surface area contributed by atoms with Crippen molar-refractivity contribution < 1.29 is 5.11 Å². The van der Waals surface area contributed by atoms with E-state index >= 15 is 0 Å². The van der Waals surface area contributed by atoms with Gasteiger partial charge >= 0.3 is 0 Å². The Bertz CT molecular complexity index is 291. The first-order valence-corrected chi connectivity index (χ1v) is 8.10. The Morgan fingerprint density at radius 2 is 2.00 bits per heavy atom. The Hall–Kier alpha value is -0.160. The molecule has 0 saturated carbocycles. The standard InChI is InChI=1S/C13H21NOS2/c1-11(13(10-15)16-2)14-8-9-17-12-6-4-3-5-7-12/h3-7,11,13-15H,8-10H2,1-2H3. The molecule has 0 amide bonds. The van der Waals surface area contributed by atoms with Crippen LogP contribution >= 0.6 is 23.5 Å². The Kier molecular flexibility index (Phi) is 7.77. The van der Waals surface area contributed by atoms with Crippen molar-refractivity contribution in [3.63, 3.8) is 0 Å². The van der Waals surface area contributed by atoms with Crippen LogP contribution in [0.3, 0.4) is 0 Å². The molecule has 4 heteroatoms. The van der Waals surface area contributed by atoms with Gasteiger partial charge in [-0.3, -0.25) is 0 Å². The predicted molar refractivity (Wildman–Crippen MR) is 79.0 cm³/mol. The molecule has 2 atom stereocenters. The van der Waals surface area contributed by atoms with E-state index in [1.165, 1.54) is 4.90 Å².